The molecule has 0 spiro atoms. The first-order chi connectivity index (χ1) is 24.8. The van der Waals surface area contributed by atoms with Crippen molar-refractivity contribution in [3.63, 3.8) is 0 Å². The molecule has 1 saturated heterocycles. The first-order valence-corrected chi connectivity index (χ1v) is 17.8. The van der Waals surface area contributed by atoms with E-state index in [9.17, 15) is 24.3 Å². The molecule has 2 fully saturated rings. The van der Waals surface area contributed by atoms with Crippen LogP contribution in [-0.2, 0) is 22.7 Å². The molecule has 0 unspecified atom stereocenters. The highest BCUT2D eigenvalue weighted by Gasteiger charge is 2.29. The van der Waals surface area contributed by atoms with Crippen LogP contribution in [0.15, 0.2) is 84.9 Å². The number of nitrogens with one attached hydrogen (secondary N) is 2. The molecule has 3 amide bonds. The van der Waals surface area contributed by atoms with E-state index < -0.39 is 5.97 Å². The number of rotatable bonds is 12. The fraction of sp³-hybridized carbons (Fsp3) is 0.317. The number of aryl methyl sites for hydroxylation is 1. The zero-order chi connectivity index (χ0) is 35.3. The number of carbonyl (C=O) groups excluding carboxylic acids is 3. The molecule has 0 radical (unpaired) electrons. The number of likely N-dealkylation sites (tertiary alicyclic amines) is 1. The average Bonchev–Trinajstić information content (AvgIpc) is 3.93. The van der Waals surface area contributed by atoms with Gasteiger partial charge in [-0.3, -0.25) is 14.4 Å². The van der Waals surface area contributed by atoms with Crippen molar-refractivity contribution < 1.29 is 29.0 Å². The molecule has 10 nitrogen and oxygen atoms in total. The summed E-state index contributed by atoms with van der Waals surface area (Å²) >= 11 is 0. The van der Waals surface area contributed by atoms with Gasteiger partial charge >= 0.3 is 5.97 Å². The number of aromatic carboxylic acids is 1. The van der Waals surface area contributed by atoms with Gasteiger partial charge in [0.25, 0.3) is 5.91 Å². The molecule has 51 heavy (non-hydrogen) atoms. The SMILES string of the molecule is O=C(CCCn1c(COc2ccc3ccccc3c2)c(C(=O)N2CCCC2)c2cc(NC(=O)C3CCCC3)ccc21)Nc1cccc(C(=O)O)c1. The molecule has 2 aliphatic rings. The molecule has 1 aliphatic heterocycles. The summed E-state index contributed by atoms with van der Waals surface area (Å²) in [6.07, 6.45) is 6.40. The summed E-state index contributed by atoms with van der Waals surface area (Å²) in [6, 6.07) is 25.9. The lowest BCUT2D eigenvalue weighted by molar-refractivity contribution is -0.119. The third-order valence-corrected chi connectivity index (χ3v) is 10.0. The molecule has 5 aromatic rings. The number of fused-ring (bicyclic) bond motifs is 2. The molecule has 0 bridgehead atoms. The first-order valence-electron chi connectivity index (χ1n) is 17.8. The van der Waals surface area contributed by atoms with Gasteiger partial charge < -0.3 is 29.9 Å². The van der Waals surface area contributed by atoms with Crippen molar-refractivity contribution >= 4 is 56.7 Å². The maximum Gasteiger partial charge on any atom is 0.335 e. The molecule has 1 saturated carbocycles. The number of anilines is 2. The Morgan fingerprint density at radius 2 is 1.55 bits per heavy atom. The van der Waals surface area contributed by atoms with Gasteiger partial charge in [-0.15, -0.1) is 0 Å². The Kier molecular flexibility index (Phi) is 10.0. The van der Waals surface area contributed by atoms with Crippen LogP contribution in [-0.4, -0.2) is 51.4 Å². The van der Waals surface area contributed by atoms with Crippen LogP contribution >= 0.6 is 0 Å². The maximum atomic E-state index is 14.3. The van der Waals surface area contributed by atoms with Gasteiger partial charge in [-0.1, -0.05) is 49.2 Å². The van der Waals surface area contributed by atoms with Gasteiger partial charge in [-0.2, -0.15) is 0 Å². The van der Waals surface area contributed by atoms with E-state index in [0.717, 1.165) is 60.2 Å². The Morgan fingerprint density at radius 1 is 0.784 bits per heavy atom. The number of hydrogen-bond donors (Lipinski definition) is 3. The molecular weight excluding hydrogens is 644 g/mol. The Hall–Kier alpha value is -5.64. The van der Waals surface area contributed by atoms with Crippen LogP contribution in [0.25, 0.3) is 21.7 Å². The fourth-order valence-electron chi connectivity index (χ4n) is 7.40. The second-order valence-electron chi connectivity index (χ2n) is 13.5. The highest BCUT2D eigenvalue weighted by molar-refractivity contribution is 6.10. The van der Waals surface area contributed by atoms with Crippen molar-refractivity contribution in [1.29, 1.82) is 0 Å². The number of ether oxygens (including phenoxy) is 1. The average molecular weight is 687 g/mol. The van der Waals surface area contributed by atoms with Gasteiger partial charge in [-0.25, -0.2) is 4.79 Å². The number of benzene rings is 4. The summed E-state index contributed by atoms with van der Waals surface area (Å²) in [7, 11) is 0. The van der Waals surface area contributed by atoms with Gasteiger partial charge in [-0.05, 0) is 91.4 Å². The molecule has 262 valence electrons. The molecule has 10 heteroatoms. The van der Waals surface area contributed by atoms with Crippen LogP contribution in [0, 0.1) is 5.92 Å². The van der Waals surface area contributed by atoms with Crippen molar-refractivity contribution in [2.45, 2.75) is 64.5 Å². The summed E-state index contributed by atoms with van der Waals surface area (Å²) in [5.41, 5.74) is 3.25. The second kappa shape index (κ2) is 15.1. The van der Waals surface area contributed by atoms with Crippen LogP contribution in [0.4, 0.5) is 11.4 Å². The number of hydrogen-bond acceptors (Lipinski definition) is 5. The van der Waals surface area contributed by atoms with Crippen molar-refractivity contribution in [1.82, 2.24) is 9.47 Å². The normalized spacial score (nSPS) is 14.6. The van der Waals surface area contributed by atoms with Gasteiger partial charge in [0, 0.05) is 54.3 Å². The minimum Gasteiger partial charge on any atom is -0.487 e. The minimum atomic E-state index is -1.07. The third kappa shape index (κ3) is 7.60. The van der Waals surface area contributed by atoms with Crippen LogP contribution in [0.2, 0.25) is 0 Å². The first kappa shape index (κ1) is 33.8. The molecular formula is C41H42N4O6. The summed E-state index contributed by atoms with van der Waals surface area (Å²) in [6.45, 7) is 1.91. The summed E-state index contributed by atoms with van der Waals surface area (Å²) in [5.74, 6) is -0.683. The zero-order valence-electron chi connectivity index (χ0n) is 28.5. The van der Waals surface area contributed by atoms with Crippen molar-refractivity contribution in [3.8, 4) is 5.75 Å². The highest BCUT2D eigenvalue weighted by atomic mass is 16.5. The van der Waals surface area contributed by atoms with E-state index in [4.69, 9.17) is 4.74 Å². The van der Waals surface area contributed by atoms with E-state index in [-0.39, 0.29) is 42.2 Å². The number of carboxylic acids is 1. The largest absolute Gasteiger partial charge is 0.487 e. The molecule has 1 aliphatic carbocycles. The van der Waals surface area contributed by atoms with Gasteiger partial charge in [0.2, 0.25) is 11.8 Å². The lowest BCUT2D eigenvalue weighted by atomic mass is 10.1. The Morgan fingerprint density at radius 3 is 2.33 bits per heavy atom. The van der Waals surface area contributed by atoms with Gasteiger partial charge in [0.05, 0.1) is 16.8 Å². The Bertz CT molecular complexity index is 2110. The Balaban J connectivity index is 1.21. The van der Waals surface area contributed by atoms with E-state index in [0.29, 0.717) is 54.4 Å². The van der Waals surface area contributed by atoms with Crippen LogP contribution in [0.1, 0.15) is 77.8 Å². The quantitative estimate of drug-likeness (QED) is 0.123. The van der Waals surface area contributed by atoms with E-state index in [2.05, 4.69) is 15.2 Å². The summed E-state index contributed by atoms with van der Waals surface area (Å²) in [5, 5.41) is 18.1. The molecule has 2 heterocycles. The number of carboxylic acid groups (broad SMARTS) is 1. The maximum absolute atomic E-state index is 14.3. The van der Waals surface area contributed by atoms with E-state index >= 15 is 0 Å². The predicted octanol–water partition coefficient (Wildman–Crippen LogP) is 7.86. The van der Waals surface area contributed by atoms with Gasteiger partial charge in [0.1, 0.15) is 12.4 Å². The number of aromatic nitrogens is 1. The summed E-state index contributed by atoms with van der Waals surface area (Å²) < 4.78 is 8.50. The lowest BCUT2D eigenvalue weighted by Gasteiger charge is -2.18. The third-order valence-electron chi connectivity index (χ3n) is 10.0. The van der Waals surface area contributed by atoms with Crippen molar-refractivity contribution in [2.75, 3.05) is 23.7 Å². The lowest BCUT2D eigenvalue weighted by Crippen LogP contribution is -2.29. The molecule has 1 aromatic heterocycles. The zero-order valence-corrected chi connectivity index (χ0v) is 28.5. The monoisotopic (exact) mass is 686 g/mol. The topological polar surface area (TPSA) is 130 Å². The van der Waals surface area contributed by atoms with E-state index in [1.54, 1.807) is 12.1 Å². The minimum absolute atomic E-state index is 0.000314. The molecule has 0 atom stereocenters. The Labute approximate surface area is 296 Å². The van der Waals surface area contributed by atoms with Crippen molar-refractivity contribution in [3.05, 3.63) is 102 Å². The number of carbonyl (C=O) groups is 4. The highest BCUT2D eigenvalue weighted by Crippen LogP contribution is 2.34. The molecule has 3 N–H and O–H groups in total. The molecule has 4 aromatic carbocycles. The fourth-order valence-corrected chi connectivity index (χ4v) is 7.40. The van der Waals surface area contributed by atoms with E-state index in [1.807, 2.05) is 65.6 Å². The van der Waals surface area contributed by atoms with Crippen LogP contribution in [0.3, 0.4) is 0 Å². The standard InChI is InChI=1S/C41H42N4O6/c46-37(42-31-14-7-13-30(23-31)41(49)50)15-8-22-45-35-19-17-32(43-39(47)28-10-2-3-11-28)25-34(35)38(40(48)44-20-5-6-21-44)36(45)26-51-33-18-16-27-9-1-4-12-29(27)24-33/h1,4,7,9,12-14,16-19,23-25,28H,2-3,5-6,8,10-11,15,20-22,26H2,(H,42,46)(H,43,47)(H,49,50). The summed E-state index contributed by atoms with van der Waals surface area (Å²) in [4.78, 5) is 53.8. The van der Waals surface area contributed by atoms with Crippen LogP contribution in [0.5, 0.6) is 5.75 Å². The van der Waals surface area contributed by atoms with Crippen LogP contribution < -0.4 is 15.4 Å². The number of amides is 3. The smallest absolute Gasteiger partial charge is 0.335 e. The van der Waals surface area contributed by atoms with Crippen molar-refractivity contribution in [2.24, 2.45) is 5.92 Å². The number of nitrogens with zero attached hydrogens (tertiary/aromatic N) is 2. The van der Waals surface area contributed by atoms with E-state index in [1.165, 1.54) is 12.1 Å². The second-order valence-corrected chi connectivity index (χ2v) is 13.5. The van der Waals surface area contributed by atoms with Gasteiger partial charge in [0.15, 0.2) is 0 Å². The predicted molar refractivity (Wildman–Crippen MR) is 197 cm³/mol. The molecule has 7 rings (SSSR count).